The summed E-state index contributed by atoms with van der Waals surface area (Å²) in [4.78, 5) is 39.5. The minimum atomic E-state index is -1.22. The maximum absolute atomic E-state index is 13.8. The lowest BCUT2D eigenvalue weighted by atomic mass is 9.82. The highest BCUT2D eigenvalue weighted by Crippen LogP contribution is 2.38. The molecule has 0 bridgehead atoms. The molecule has 2 aliphatic heterocycles. The molecule has 8 nitrogen and oxygen atoms in total. The van der Waals surface area contributed by atoms with Gasteiger partial charge < -0.3 is 26.4 Å². The average Bonchev–Trinajstić information content (AvgIpc) is 3.41. The smallest absolute Gasteiger partial charge is 0.243 e. The molecule has 5 N–H and O–H groups in total. The van der Waals surface area contributed by atoms with Crippen LogP contribution in [0.1, 0.15) is 63.4 Å². The van der Waals surface area contributed by atoms with Gasteiger partial charge in [-0.15, -0.1) is 0 Å². The number of amides is 3. The van der Waals surface area contributed by atoms with Crippen LogP contribution in [0.2, 0.25) is 0 Å². The first-order valence-corrected chi connectivity index (χ1v) is 13.7. The molecule has 1 aromatic carbocycles. The van der Waals surface area contributed by atoms with E-state index in [2.05, 4.69) is 16.0 Å². The van der Waals surface area contributed by atoms with E-state index in [0.29, 0.717) is 31.1 Å². The van der Waals surface area contributed by atoms with Gasteiger partial charge in [0.15, 0.2) is 0 Å². The Kier molecular flexibility index (Phi) is 9.37. The lowest BCUT2D eigenvalue weighted by molar-refractivity contribution is -0.143. The van der Waals surface area contributed by atoms with Crippen LogP contribution < -0.4 is 21.7 Å². The molecule has 2 atom stereocenters. The third kappa shape index (κ3) is 6.65. The Morgan fingerprint density at radius 3 is 2.31 bits per heavy atom. The molecule has 0 aromatic heterocycles. The van der Waals surface area contributed by atoms with Crippen molar-refractivity contribution in [2.24, 2.45) is 23.0 Å². The van der Waals surface area contributed by atoms with E-state index in [9.17, 15) is 14.4 Å². The Balaban J connectivity index is 1.51. The molecule has 4 rings (SSSR count). The third-order valence-electron chi connectivity index (χ3n) is 8.48. The molecule has 3 amide bonds. The number of primary amides is 1. The van der Waals surface area contributed by atoms with Crippen molar-refractivity contribution in [2.75, 3.05) is 26.3 Å². The number of nitrogens with two attached hydrogens (primary N) is 1. The molecule has 1 aliphatic carbocycles. The van der Waals surface area contributed by atoms with Crippen LogP contribution in [0.15, 0.2) is 30.3 Å². The molecule has 2 heterocycles. The van der Waals surface area contributed by atoms with E-state index >= 15 is 0 Å². The molecule has 0 radical (unpaired) electrons. The molecule has 0 spiro atoms. The van der Waals surface area contributed by atoms with Gasteiger partial charge >= 0.3 is 0 Å². The summed E-state index contributed by atoms with van der Waals surface area (Å²) in [5.74, 6) is -0.258. The van der Waals surface area contributed by atoms with E-state index in [-0.39, 0.29) is 11.9 Å². The Labute approximate surface area is 214 Å². The number of hydrogen-bond acceptors (Lipinski definition) is 5. The van der Waals surface area contributed by atoms with Crippen molar-refractivity contribution in [1.82, 2.24) is 16.0 Å². The molecule has 8 heteroatoms. The van der Waals surface area contributed by atoms with Gasteiger partial charge in [0, 0.05) is 25.7 Å². The van der Waals surface area contributed by atoms with Crippen molar-refractivity contribution in [1.29, 1.82) is 0 Å². The summed E-state index contributed by atoms with van der Waals surface area (Å²) in [6.45, 7) is 3.46. The van der Waals surface area contributed by atoms with Crippen LogP contribution >= 0.6 is 0 Å². The number of nitrogens with one attached hydrogen (secondary N) is 3. The van der Waals surface area contributed by atoms with Crippen molar-refractivity contribution in [3.63, 3.8) is 0 Å². The van der Waals surface area contributed by atoms with Gasteiger partial charge in [0.05, 0.1) is 0 Å². The molecular formula is C28H42N4O4. The Morgan fingerprint density at radius 2 is 1.67 bits per heavy atom. The molecule has 1 saturated carbocycles. The summed E-state index contributed by atoms with van der Waals surface area (Å²) < 4.78 is 5.55. The summed E-state index contributed by atoms with van der Waals surface area (Å²) in [7, 11) is 0. The zero-order valence-electron chi connectivity index (χ0n) is 21.3. The van der Waals surface area contributed by atoms with Crippen LogP contribution in [0.25, 0.3) is 0 Å². The van der Waals surface area contributed by atoms with Crippen LogP contribution in [0.4, 0.5) is 0 Å². The van der Waals surface area contributed by atoms with Gasteiger partial charge in [-0.1, -0.05) is 43.2 Å². The fourth-order valence-electron chi connectivity index (χ4n) is 6.16. The van der Waals surface area contributed by atoms with Crippen LogP contribution in [0.5, 0.6) is 0 Å². The summed E-state index contributed by atoms with van der Waals surface area (Å²) >= 11 is 0. The highest BCUT2D eigenvalue weighted by Gasteiger charge is 2.47. The molecule has 1 aromatic rings. The third-order valence-corrected chi connectivity index (χ3v) is 8.48. The summed E-state index contributed by atoms with van der Waals surface area (Å²) in [5.41, 5.74) is 5.45. The van der Waals surface area contributed by atoms with Gasteiger partial charge in [-0.3, -0.25) is 14.4 Å². The minimum absolute atomic E-state index is 0.0504. The lowest BCUT2D eigenvalue weighted by Crippen LogP contribution is -2.57. The minimum Gasteiger partial charge on any atom is -0.381 e. The predicted octanol–water partition coefficient (Wildman–Crippen LogP) is 2.06. The summed E-state index contributed by atoms with van der Waals surface area (Å²) in [6, 6.07) is 8.98. The molecular weight excluding hydrogens is 456 g/mol. The monoisotopic (exact) mass is 498 g/mol. The van der Waals surface area contributed by atoms with Crippen molar-refractivity contribution in [3.8, 4) is 0 Å². The van der Waals surface area contributed by atoms with Gasteiger partial charge in [0.2, 0.25) is 17.7 Å². The van der Waals surface area contributed by atoms with Gasteiger partial charge in [-0.05, 0) is 75.4 Å². The first-order valence-electron chi connectivity index (χ1n) is 13.7. The predicted molar refractivity (Wildman–Crippen MR) is 138 cm³/mol. The standard InChI is InChI=1S/C28H42N4O4/c29-26(34)28(12-4-5-13-28)27(35)32-24(19-20-6-2-1-3-7-20)25(33)31-23(22-8-14-30-15-9-22)18-21-10-16-36-17-11-21/h1-3,6-7,21-24,30H,4-5,8-19H2,(H2,29,34)(H,31,33)(H,32,35). The van der Waals surface area contributed by atoms with E-state index in [1.165, 1.54) is 0 Å². The molecule has 2 unspecified atom stereocenters. The van der Waals surface area contributed by atoms with Gasteiger partial charge in [-0.2, -0.15) is 0 Å². The quantitative estimate of drug-likeness (QED) is 0.368. The van der Waals surface area contributed by atoms with Gasteiger partial charge in [0.25, 0.3) is 0 Å². The van der Waals surface area contributed by atoms with Crippen LogP contribution in [0.3, 0.4) is 0 Å². The summed E-state index contributed by atoms with van der Waals surface area (Å²) in [6.07, 6.45) is 7.82. The second-order valence-corrected chi connectivity index (χ2v) is 10.9. The maximum Gasteiger partial charge on any atom is 0.243 e. The Hall–Kier alpha value is -2.45. The number of benzene rings is 1. The van der Waals surface area contributed by atoms with Gasteiger partial charge in [0.1, 0.15) is 11.5 Å². The number of carbonyl (C=O) groups excluding carboxylic acids is 3. The fourth-order valence-corrected chi connectivity index (χ4v) is 6.16. The van der Waals surface area contributed by atoms with E-state index in [4.69, 9.17) is 10.5 Å². The molecule has 198 valence electrons. The van der Waals surface area contributed by atoms with E-state index in [0.717, 1.165) is 76.8 Å². The highest BCUT2D eigenvalue weighted by molar-refractivity contribution is 6.05. The first kappa shape index (κ1) is 26.6. The average molecular weight is 499 g/mol. The van der Waals surface area contributed by atoms with Crippen LogP contribution in [-0.4, -0.2) is 56.1 Å². The Bertz CT molecular complexity index is 875. The largest absolute Gasteiger partial charge is 0.381 e. The van der Waals surface area contributed by atoms with Crippen molar-refractivity contribution in [3.05, 3.63) is 35.9 Å². The molecule has 36 heavy (non-hydrogen) atoms. The maximum atomic E-state index is 13.8. The molecule has 3 fully saturated rings. The molecule has 2 saturated heterocycles. The van der Waals surface area contributed by atoms with Crippen LogP contribution in [0, 0.1) is 17.3 Å². The van der Waals surface area contributed by atoms with Crippen molar-refractivity contribution < 1.29 is 19.1 Å². The van der Waals surface area contributed by atoms with E-state index in [1.807, 2.05) is 30.3 Å². The number of ether oxygens (including phenoxy) is 1. The SMILES string of the molecule is NC(=O)C1(C(=O)NC(Cc2ccccc2)C(=O)NC(CC2CCOCC2)C2CCNCC2)CCCC1. The number of hydrogen-bond donors (Lipinski definition) is 4. The van der Waals surface area contributed by atoms with Crippen molar-refractivity contribution >= 4 is 17.7 Å². The summed E-state index contributed by atoms with van der Waals surface area (Å²) in [5, 5.41) is 9.73. The second-order valence-electron chi connectivity index (χ2n) is 10.9. The van der Waals surface area contributed by atoms with Crippen molar-refractivity contribution in [2.45, 2.75) is 76.3 Å². The van der Waals surface area contributed by atoms with Gasteiger partial charge in [-0.25, -0.2) is 0 Å². The zero-order valence-corrected chi connectivity index (χ0v) is 21.3. The molecule has 3 aliphatic rings. The van der Waals surface area contributed by atoms with E-state index in [1.54, 1.807) is 0 Å². The topological polar surface area (TPSA) is 123 Å². The zero-order chi connectivity index (χ0) is 25.4. The number of rotatable bonds is 10. The van der Waals surface area contributed by atoms with Crippen LogP contribution in [-0.2, 0) is 25.5 Å². The number of piperidine rings is 1. The van der Waals surface area contributed by atoms with E-state index < -0.39 is 23.3 Å². The highest BCUT2D eigenvalue weighted by atomic mass is 16.5. The fraction of sp³-hybridized carbons (Fsp3) is 0.679. The first-order chi connectivity index (χ1) is 17.5. The normalized spacial score (nSPS) is 22.4. The second kappa shape index (κ2) is 12.7. The lowest BCUT2D eigenvalue weighted by Gasteiger charge is -2.36. The number of carbonyl (C=O) groups is 3. The Morgan fingerprint density at radius 1 is 1.00 bits per heavy atom.